The number of likely N-dealkylation sites (tertiary alicyclic amines) is 1. The van der Waals surface area contributed by atoms with E-state index in [-0.39, 0.29) is 18.4 Å². The van der Waals surface area contributed by atoms with E-state index in [1.54, 1.807) is 16.7 Å². The summed E-state index contributed by atoms with van der Waals surface area (Å²) in [6.07, 6.45) is 3.90. The quantitative estimate of drug-likeness (QED) is 0.779. The number of nitrogens with zero attached hydrogens (tertiary/aromatic N) is 2. The Labute approximate surface area is 118 Å². The third-order valence-corrected chi connectivity index (χ3v) is 5.07. The van der Waals surface area contributed by atoms with Gasteiger partial charge in [0, 0.05) is 19.1 Å². The average molecular weight is 283 g/mol. The first-order valence-corrected chi connectivity index (χ1v) is 8.24. The van der Waals surface area contributed by atoms with Crippen molar-refractivity contribution in [1.29, 1.82) is 0 Å². The summed E-state index contributed by atoms with van der Waals surface area (Å²) >= 11 is 1.58. The van der Waals surface area contributed by atoms with Crippen molar-refractivity contribution < 1.29 is 9.59 Å². The number of carbonyl (C=O) groups is 2. The highest BCUT2D eigenvalue weighted by Gasteiger charge is 2.34. The molecule has 0 bridgehead atoms. The van der Waals surface area contributed by atoms with Crippen LogP contribution >= 0.6 is 11.8 Å². The summed E-state index contributed by atoms with van der Waals surface area (Å²) in [6.45, 7) is 3.30. The first-order chi connectivity index (χ1) is 9.22. The molecule has 0 aromatic rings. The van der Waals surface area contributed by atoms with Crippen LogP contribution in [0.2, 0.25) is 0 Å². The van der Waals surface area contributed by atoms with Crippen molar-refractivity contribution in [2.75, 3.05) is 37.8 Å². The van der Waals surface area contributed by atoms with E-state index in [1.165, 1.54) is 25.8 Å². The molecule has 0 aromatic carbocycles. The fourth-order valence-corrected chi connectivity index (χ4v) is 3.73. The van der Waals surface area contributed by atoms with Gasteiger partial charge in [-0.3, -0.25) is 9.59 Å². The Morgan fingerprint density at radius 3 is 2.89 bits per heavy atom. The largest absolute Gasteiger partial charge is 0.354 e. The standard InChI is InChI=1S/C13H21N3O2S/c17-12(7-16-9-19-8-13(16)18)14-5-10-3-4-15(6-10)11-1-2-11/h10-11H,1-9H2,(H,14,17)/t10-/m1/s1. The first kappa shape index (κ1) is 13.2. The predicted molar refractivity (Wildman–Crippen MR) is 74.7 cm³/mol. The summed E-state index contributed by atoms with van der Waals surface area (Å²) in [5.41, 5.74) is 0. The molecule has 2 aliphatic heterocycles. The lowest BCUT2D eigenvalue weighted by Gasteiger charge is -2.17. The van der Waals surface area contributed by atoms with Gasteiger partial charge < -0.3 is 15.1 Å². The second-order valence-electron chi connectivity index (χ2n) is 5.75. The molecule has 3 rings (SSSR count). The van der Waals surface area contributed by atoms with Gasteiger partial charge in [0.1, 0.15) is 6.54 Å². The van der Waals surface area contributed by atoms with E-state index in [0.29, 0.717) is 17.5 Å². The highest BCUT2D eigenvalue weighted by Crippen LogP contribution is 2.31. The van der Waals surface area contributed by atoms with E-state index in [4.69, 9.17) is 0 Å². The second kappa shape index (κ2) is 5.71. The monoisotopic (exact) mass is 283 g/mol. The highest BCUT2D eigenvalue weighted by molar-refractivity contribution is 8.00. The van der Waals surface area contributed by atoms with Crippen LogP contribution in [0.25, 0.3) is 0 Å². The van der Waals surface area contributed by atoms with Crippen molar-refractivity contribution in [3.05, 3.63) is 0 Å². The molecule has 0 unspecified atom stereocenters. The summed E-state index contributed by atoms with van der Waals surface area (Å²) in [6, 6.07) is 0.833. The zero-order valence-electron chi connectivity index (χ0n) is 11.1. The zero-order chi connectivity index (χ0) is 13.2. The molecule has 6 heteroatoms. The van der Waals surface area contributed by atoms with Gasteiger partial charge in [0.25, 0.3) is 0 Å². The minimum atomic E-state index is -0.0132. The van der Waals surface area contributed by atoms with E-state index in [0.717, 1.165) is 19.1 Å². The minimum absolute atomic E-state index is 0.0132. The molecule has 3 aliphatic rings. The SMILES string of the molecule is O=C(CN1CSCC1=O)NC[C@H]1CCN(C2CC2)C1. The number of amides is 2. The fourth-order valence-electron chi connectivity index (χ4n) is 2.83. The van der Waals surface area contributed by atoms with Crippen LogP contribution in [0.5, 0.6) is 0 Å². The number of carbonyl (C=O) groups excluding carboxylic acids is 2. The lowest BCUT2D eigenvalue weighted by molar-refractivity contribution is -0.132. The summed E-state index contributed by atoms with van der Waals surface area (Å²) in [5, 5.41) is 2.98. The van der Waals surface area contributed by atoms with Crippen molar-refractivity contribution in [2.45, 2.75) is 25.3 Å². The molecule has 3 fully saturated rings. The Morgan fingerprint density at radius 2 is 2.21 bits per heavy atom. The molecular weight excluding hydrogens is 262 g/mol. The van der Waals surface area contributed by atoms with Crippen molar-refractivity contribution in [1.82, 2.24) is 15.1 Å². The van der Waals surface area contributed by atoms with E-state index in [1.807, 2.05) is 0 Å². The second-order valence-corrected chi connectivity index (χ2v) is 6.71. The Hall–Kier alpha value is -0.750. The molecule has 0 radical (unpaired) electrons. The zero-order valence-corrected chi connectivity index (χ0v) is 12.0. The van der Waals surface area contributed by atoms with Gasteiger partial charge in [0.15, 0.2) is 0 Å². The van der Waals surface area contributed by atoms with Crippen LogP contribution in [-0.4, -0.2) is 65.5 Å². The van der Waals surface area contributed by atoms with Crippen LogP contribution < -0.4 is 5.32 Å². The molecule has 2 heterocycles. The number of thioether (sulfide) groups is 1. The van der Waals surface area contributed by atoms with Crippen LogP contribution in [0.15, 0.2) is 0 Å². The predicted octanol–water partition coefficient (Wildman–Crippen LogP) is 0.120. The summed E-state index contributed by atoms with van der Waals surface area (Å²) in [4.78, 5) is 27.4. The van der Waals surface area contributed by atoms with E-state index in [2.05, 4.69) is 10.2 Å². The molecule has 0 aromatic heterocycles. The summed E-state index contributed by atoms with van der Waals surface area (Å²) in [7, 11) is 0. The fraction of sp³-hybridized carbons (Fsp3) is 0.846. The van der Waals surface area contributed by atoms with Gasteiger partial charge in [0.2, 0.25) is 11.8 Å². The number of nitrogens with one attached hydrogen (secondary N) is 1. The number of hydrogen-bond donors (Lipinski definition) is 1. The Kier molecular flexibility index (Phi) is 3.98. The topological polar surface area (TPSA) is 52.7 Å². The van der Waals surface area contributed by atoms with Gasteiger partial charge in [0.05, 0.1) is 11.6 Å². The van der Waals surface area contributed by atoms with Crippen LogP contribution in [-0.2, 0) is 9.59 Å². The molecular formula is C13H21N3O2S. The smallest absolute Gasteiger partial charge is 0.239 e. The molecule has 19 heavy (non-hydrogen) atoms. The van der Waals surface area contributed by atoms with Gasteiger partial charge in [-0.2, -0.15) is 0 Å². The van der Waals surface area contributed by atoms with Gasteiger partial charge >= 0.3 is 0 Å². The Balaban J connectivity index is 1.35. The summed E-state index contributed by atoms with van der Waals surface area (Å²) in [5.74, 6) is 1.84. The highest BCUT2D eigenvalue weighted by atomic mass is 32.2. The van der Waals surface area contributed by atoms with Gasteiger partial charge in [-0.25, -0.2) is 0 Å². The molecule has 2 saturated heterocycles. The maximum Gasteiger partial charge on any atom is 0.239 e. The normalized spacial score (nSPS) is 28.1. The molecule has 0 spiro atoms. The minimum Gasteiger partial charge on any atom is -0.354 e. The first-order valence-electron chi connectivity index (χ1n) is 7.08. The van der Waals surface area contributed by atoms with E-state index < -0.39 is 0 Å². The van der Waals surface area contributed by atoms with Crippen molar-refractivity contribution in [2.24, 2.45) is 5.92 Å². The molecule has 2 amide bonds. The Bertz CT molecular complexity index is 373. The third-order valence-electron chi connectivity index (χ3n) is 4.13. The van der Waals surface area contributed by atoms with Crippen LogP contribution in [0.4, 0.5) is 0 Å². The maximum atomic E-state index is 11.8. The van der Waals surface area contributed by atoms with Crippen molar-refractivity contribution >= 4 is 23.6 Å². The maximum absolute atomic E-state index is 11.8. The third kappa shape index (κ3) is 3.42. The lowest BCUT2D eigenvalue weighted by atomic mass is 10.1. The number of hydrogen-bond acceptors (Lipinski definition) is 4. The van der Waals surface area contributed by atoms with Crippen molar-refractivity contribution in [3.8, 4) is 0 Å². The van der Waals surface area contributed by atoms with Crippen molar-refractivity contribution in [3.63, 3.8) is 0 Å². The Morgan fingerprint density at radius 1 is 1.37 bits per heavy atom. The molecule has 1 N–H and O–H groups in total. The molecule has 5 nitrogen and oxygen atoms in total. The van der Waals surface area contributed by atoms with Crippen LogP contribution in [0.3, 0.4) is 0 Å². The van der Waals surface area contributed by atoms with Crippen LogP contribution in [0.1, 0.15) is 19.3 Å². The van der Waals surface area contributed by atoms with Gasteiger partial charge in [-0.05, 0) is 31.7 Å². The lowest BCUT2D eigenvalue weighted by Crippen LogP contribution is -2.40. The molecule has 1 saturated carbocycles. The summed E-state index contributed by atoms with van der Waals surface area (Å²) < 4.78 is 0. The molecule has 1 atom stereocenters. The molecule has 1 aliphatic carbocycles. The van der Waals surface area contributed by atoms with Crippen LogP contribution in [0, 0.1) is 5.92 Å². The van der Waals surface area contributed by atoms with Gasteiger partial charge in [-0.1, -0.05) is 0 Å². The molecule has 106 valence electrons. The van der Waals surface area contributed by atoms with E-state index in [9.17, 15) is 9.59 Å². The average Bonchev–Trinajstić information content (AvgIpc) is 3.01. The van der Waals surface area contributed by atoms with Gasteiger partial charge in [-0.15, -0.1) is 11.8 Å². The number of rotatable bonds is 5. The van der Waals surface area contributed by atoms with E-state index >= 15 is 0 Å².